The quantitative estimate of drug-likeness (QED) is 0.697. The van der Waals surface area contributed by atoms with Crippen molar-refractivity contribution in [2.45, 2.75) is 25.2 Å². The van der Waals surface area contributed by atoms with Crippen molar-refractivity contribution in [3.05, 3.63) is 59.5 Å². The van der Waals surface area contributed by atoms with E-state index >= 15 is 0 Å². The molecule has 0 radical (unpaired) electrons. The third-order valence-electron chi connectivity index (χ3n) is 4.65. The molecule has 8 heteroatoms. The van der Waals surface area contributed by atoms with Crippen LogP contribution in [0.4, 0.5) is 16.2 Å². The standard InChI is InChI=1S/C20H19N3O4S/c1-12-3-4-15(19-21-13(2)11-27-19)9-17(12)23-20(24)22-16-6-5-14-7-8-28(25,26)18(14)10-16/h3-6,9-11H,7-8H2,1-2H3,(H2,22,23,24). The molecular weight excluding hydrogens is 378 g/mol. The zero-order chi connectivity index (χ0) is 19.9. The van der Waals surface area contributed by atoms with E-state index in [1.807, 2.05) is 26.0 Å². The molecule has 0 atom stereocenters. The average Bonchev–Trinajstić information content (AvgIpc) is 3.20. The predicted molar refractivity (Wildman–Crippen MR) is 106 cm³/mol. The summed E-state index contributed by atoms with van der Waals surface area (Å²) in [5, 5.41) is 5.49. The number of hydrogen-bond acceptors (Lipinski definition) is 5. The van der Waals surface area contributed by atoms with Crippen LogP contribution >= 0.6 is 0 Å². The molecule has 1 aromatic heterocycles. The molecule has 2 N–H and O–H groups in total. The monoisotopic (exact) mass is 397 g/mol. The van der Waals surface area contributed by atoms with Crippen molar-refractivity contribution in [2.75, 3.05) is 16.4 Å². The lowest BCUT2D eigenvalue weighted by molar-refractivity contribution is 0.262. The third kappa shape index (κ3) is 3.50. The lowest BCUT2D eigenvalue weighted by Gasteiger charge is -2.11. The van der Waals surface area contributed by atoms with Gasteiger partial charge in [-0.2, -0.15) is 0 Å². The van der Waals surface area contributed by atoms with Crippen LogP contribution in [0.2, 0.25) is 0 Å². The van der Waals surface area contributed by atoms with Gasteiger partial charge in [0.2, 0.25) is 5.89 Å². The molecule has 1 aliphatic rings. The molecule has 0 spiro atoms. The number of oxazole rings is 1. The van der Waals surface area contributed by atoms with E-state index in [0.29, 0.717) is 28.6 Å². The number of benzene rings is 2. The summed E-state index contributed by atoms with van der Waals surface area (Å²) in [7, 11) is -3.25. The second kappa shape index (κ2) is 6.79. The largest absolute Gasteiger partial charge is 0.444 e. The fraction of sp³-hybridized carbons (Fsp3) is 0.200. The Balaban J connectivity index is 1.53. The molecule has 2 heterocycles. The van der Waals surface area contributed by atoms with Gasteiger partial charge in [-0.25, -0.2) is 18.2 Å². The average molecular weight is 397 g/mol. The second-order valence-electron chi connectivity index (χ2n) is 6.79. The molecule has 3 aromatic rings. The summed E-state index contributed by atoms with van der Waals surface area (Å²) in [5.41, 5.74) is 4.22. The lowest BCUT2D eigenvalue weighted by Crippen LogP contribution is -2.20. The van der Waals surface area contributed by atoms with Crippen LogP contribution in [0.25, 0.3) is 11.5 Å². The molecular formula is C20H19N3O4S. The molecule has 1 aliphatic heterocycles. The Kier molecular flexibility index (Phi) is 4.43. The van der Waals surface area contributed by atoms with Gasteiger partial charge in [-0.15, -0.1) is 0 Å². The number of nitrogens with zero attached hydrogens (tertiary/aromatic N) is 1. The smallest absolute Gasteiger partial charge is 0.323 e. The molecule has 4 rings (SSSR count). The third-order valence-corrected chi connectivity index (χ3v) is 6.44. The Morgan fingerprint density at radius 3 is 2.68 bits per heavy atom. The summed E-state index contributed by atoms with van der Waals surface area (Å²) >= 11 is 0. The molecule has 0 unspecified atom stereocenters. The first-order valence-corrected chi connectivity index (χ1v) is 10.4. The zero-order valence-electron chi connectivity index (χ0n) is 15.4. The second-order valence-corrected chi connectivity index (χ2v) is 8.87. The summed E-state index contributed by atoms with van der Waals surface area (Å²) in [5.74, 6) is 0.592. The summed E-state index contributed by atoms with van der Waals surface area (Å²) in [6, 6.07) is 10.0. The van der Waals surface area contributed by atoms with Gasteiger partial charge in [0.15, 0.2) is 9.84 Å². The van der Waals surface area contributed by atoms with Crippen LogP contribution in [0.3, 0.4) is 0 Å². The highest BCUT2D eigenvalue weighted by Crippen LogP contribution is 2.29. The van der Waals surface area contributed by atoms with Crippen LogP contribution in [-0.4, -0.2) is 25.2 Å². The van der Waals surface area contributed by atoms with Crippen molar-refractivity contribution in [1.82, 2.24) is 4.98 Å². The molecule has 0 saturated carbocycles. The number of carbonyl (C=O) groups is 1. The molecule has 2 amide bonds. The molecule has 144 valence electrons. The van der Waals surface area contributed by atoms with Crippen LogP contribution in [0.5, 0.6) is 0 Å². The summed E-state index contributed by atoms with van der Waals surface area (Å²) in [4.78, 5) is 17.0. The van der Waals surface area contributed by atoms with E-state index in [9.17, 15) is 13.2 Å². The Labute approximate surface area is 162 Å². The maximum absolute atomic E-state index is 12.4. The van der Waals surface area contributed by atoms with Crippen molar-refractivity contribution >= 4 is 27.2 Å². The SMILES string of the molecule is Cc1coc(-c2ccc(C)c(NC(=O)Nc3ccc4c(c3)S(=O)(=O)CC4)c2)n1. The maximum Gasteiger partial charge on any atom is 0.323 e. The van der Waals surface area contributed by atoms with E-state index in [2.05, 4.69) is 15.6 Å². The highest BCUT2D eigenvalue weighted by atomic mass is 32.2. The molecule has 0 aliphatic carbocycles. The van der Waals surface area contributed by atoms with Crippen molar-refractivity contribution in [1.29, 1.82) is 0 Å². The molecule has 0 bridgehead atoms. The van der Waals surface area contributed by atoms with Gasteiger partial charge in [-0.1, -0.05) is 12.1 Å². The number of carbonyl (C=O) groups excluding carboxylic acids is 1. The maximum atomic E-state index is 12.4. The van der Waals surface area contributed by atoms with Crippen LogP contribution in [0.15, 0.2) is 52.0 Å². The van der Waals surface area contributed by atoms with E-state index in [-0.39, 0.29) is 5.75 Å². The Hall–Kier alpha value is -3.13. The van der Waals surface area contributed by atoms with Crippen LogP contribution < -0.4 is 10.6 Å². The van der Waals surface area contributed by atoms with E-state index in [1.54, 1.807) is 24.5 Å². The summed E-state index contributed by atoms with van der Waals surface area (Å²) in [6.45, 7) is 3.72. The lowest BCUT2D eigenvalue weighted by atomic mass is 10.1. The zero-order valence-corrected chi connectivity index (χ0v) is 16.3. The number of fused-ring (bicyclic) bond motifs is 1. The van der Waals surface area contributed by atoms with Crippen molar-refractivity contribution < 1.29 is 17.6 Å². The van der Waals surface area contributed by atoms with Gasteiger partial charge in [0, 0.05) is 16.9 Å². The number of anilines is 2. The summed E-state index contributed by atoms with van der Waals surface area (Å²) in [6.07, 6.45) is 2.08. The molecule has 7 nitrogen and oxygen atoms in total. The number of hydrogen-bond donors (Lipinski definition) is 2. The van der Waals surface area contributed by atoms with E-state index < -0.39 is 15.9 Å². The van der Waals surface area contributed by atoms with Gasteiger partial charge < -0.3 is 15.1 Å². The minimum absolute atomic E-state index is 0.115. The Bertz CT molecular complexity index is 1180. The van der Waals surface area contributed by atoms with E-state index in [0.717, 1.165) is 22.4 Å². The fourth-order valence-electron chi connectivity index (χ4n) is 3.14. The number of amides is 2. The van der Waals surface area contributed by atoms with Crippen LogP contribution in [0, 0.1) is 13.8 Å². The van der Waals surface area contributed by atoms with Crippen molar-refractivity contribution in [2.24, 2.45) is 0 Å². The van der Waals surface area contributed by atoms with Gasteiger partial charge in [-0.05, 0) is 55.7 Å². The van der Waals surface area contributed by atoms with Gasteiger partial charge in [0.1, 0.15) is 6.26 Å². The topological polar surface area (TPSA) is 101 Å². The number of sulfone groups is 1. The number of nitrogens with one attached hydrogen (secondary N) is 2. The van der Waals surface area contributed by atoms with Gasteiger partial charge in [0.25, 0.3) is 0 Å². The first kappa shape index (κ1) is 18.2. The van der Waals surface area contributed by atoms with Gasteiger partial charge in [-0.3, -0.25) is 0 Å². The van der Waals surface area contributed by atoms with E-state index in [1.165, 1.54) is 6.07 Å². The number of aryl methyl sites for hydroxylation is 3. The van der Waals surface area contributed by atoms with Gasteiger partial charge >= 0.3 is 6.03 Å². The number of rotatable bonds is 3. The van der Waals surface area contributed by atoms with E-state index in [4.69, 9.17) is 4.42 Å². The van der Waals surface area contributed by atoms with Crippen LogP contribution in [0.1, 0.15) is 16.8 Å². The first-order valence-electron chi connectivity index (χ1n) is 8.79. The number of urea groups is 1. The molecule has 28 heavy (non-hydrogen) atoms. The van der Waals surface area contributed by atoms with Crippen molar-refractivity contribution in [3.63, 3.8) is 0 Å². The Morgan fingerprint density at radius 1 is 1.11 bits per heavy atom. The van der Waals surface area contributed by atoms with Crippen molar-refractivity contribution in [3.8, 4) is 11.5 Å². The molecule has 0 saturated heterocycles. The minimum atomic E-state index is -3.25. The predicted octanol–water partition coefficient (Wildman–Crippen LogP) is 3.93. The normalized spacial score (nSPS) is 14.5. The Morgan fingerprint density at radius 2 is 1.93 bits per heavy atom. The van der Waals surface area contributed by atoms with Crippen LogP contribution in [-0.2, 0) is 16.3 Å². The number of aromatic nitrogens is 1. The highest BCUT2D eigenvalue weighted by molar-refractivity contribution is 7.91. The highest BCUT2D eigenvalue weighted by Gasteiger charge is 2.26. The first-order chi connectivity index (χ1) is 13.3. The molecule has 0 fully saturated rings. The molecule has 2 aromatic carbocycles. The minimum Gasteiger partial charge on any atom is -0.444 e. The summed E-state index contributed by atoms with van der Waals surface area (Å²) < 4.78 is 29.5. The fourth-order valence-corrected chi connectivity index (χ4v) is 4.73. The van der Waals surface area contributed by atoms with Gasteiger partial charge in [0.05, 0.1) is 16.3 Å².